The van der Waals surface area contributed by atoms with Crippen LogP contribution in [0.15, 0.2) is 67.0 Å². The molecule has 0 aliphatic carbocycles. The molecule has 114 valence electrons. The number of benzene rings is 2. The number of nitrogens with one attached hydrogen (secondary N) is 1. The van der Waals surface area contributed by atoms with Crippen LogP contribution in [-0.2, 0) is 0 Å². The molecule has 24 heavy (non-hydrogen) atoms. The molecule has 6 nitrogen and oxygen atoms in total. The Balaban J connectivity index is 1.65. The predicted molar refractivity (Wildman–Crippen MR) is 91.3 cm³/mol. The highest BCUT2D eigenvalue weighted by Gasteiger charge is 2.13. The average Bonchev–Trinajstić information content (AvgIpc) is 3.21. The second kappa shape index (κ2) is 4.99. The molecule has 5 rings (SSSR count). The summed E-state index contributed by atoms with van der Waals surface area (Å²) >= 11 is 0. The van der Waals surface area contributed by atoms with E-state index in [1.165, 1.54) is 10.8 Å². The van der Waals surface area contributed by atoms with Crippen molar-refractivity contribution in [3.63, 3.8) is 0 Å². The Kier molecular flexibility index (Phi) is 2.69. The van der Waals surface area contributed by atoms with Crippen LogP contribution in [0.5, 0.6) is 0 Å². The summed E-state index contributed by atoms with van der Waals surface area (Å²) in [4.78, 5) is 11.6. The Morgan fingerprint density at radius 1 is 0.833 bits per heavy atom. The fourth-order valence-corrected chi connectivity index (χ4v) is 2.88. The van der Waals surface area contributed by atoms with Gasteiger partial charge < -0.3 is 4.98 Å². The van der Waals surface area contributed by atoms with Crippen LogP contribution in [0.25, 0.3) is 39.3 Å². The average molecular weight is 312 g/mol. The SMILES string of the molecule is c1cnc(-c2nn3nc(-c4cccc5ccccc45)cc3[nH]2)nc1. The number of hydrogen-bond acceptors (Lipinski definition) is 4. The minimum Gasteiger partial charge on any atom is -0.319 e. The van der Waals surface area contributed by atoms with Crippen molar-refractivity contribution in [2.75, 3.05) is 0 Å². The second-order valence-electron chi connectivity index (χ2n) is 5.48. The summed E-state index contributed by atoms with van der Waals surface area (Å²) in [6, 6.07) is 18.3. The predicted octanol–water partition coefficient (Wildman–Crippen LogP) is 3.33. The molecule has 0 spiro atoms. The fraction of sp³-hybridized carbons (Fsp3) is 0. The minimum absolute atomic E-state index is 0.551. The molecule has 3 aromatic heterocycles. The van der Waals surface area contributed by atoms with Crippen molar-refractivity contribution in [1.29, 1.82) is 0 Å². The van der Waals surface area contributed by atoms with E-state index in [9.17, 15) is 0 Å². The summed E-state index contributed by atoms with van der Waals surface area (Å²) in [6.07, 6.45) is 3.38. The lowest BCUT2D eigenvalue weighted by molar-refractivity contribution is 0.825. The van der Waals surface area contributed by atoms with Crippen LogP contribution in [0.4, 0.5) is 0 Å². The van der Waals surface area contributed by atoms with Crippen LogP contribution in [0.1, 0.15) is 0 Å². The Morgan fingerprint density at radius 2 is 1.67 bits per heavy atom. The van der Waals surface area contributed by atoms with Gasteiger partial charge in [0.15, 0.2) is 17.3 Å². The van der Waals surface area contributed by atoms with E-state index in [0.29, 0.717) is 11.6 Å². The Hall–Kier alpha value is -3.54. The number of hydrogen-bond donors (Lipinski definition) is 1. The third-order valence-corrected chi connectivity index (χ3v) is 3.98. The van der Waals surface area contributed by atoms with Crippen molar-refractivity contribution in [1.82, 2.24) is 29.8 Å². The zero-order chi connectivity index (χ0) is 15.9. The van der Waals surface area contributed by atoms with Crippen molar-refractivity contribution in [3.05, 3.63) is 67.0 Å². The molecule has 6 heteroatoms. The number of aromatic amines is 1. The lowest BCUT2D eigenvalue weighted by Gasteiger charge is -2.02. The van der Waals surface area contributed by atoms with Gasteiger partial charge >= 0.3 is 0 Å². The molecule has 0 unspecified atom stereocenters. The first-order valence-electron chi connectivity index (χ1n) is 7.60. The molecule has 0 atom stereocenters. The van der Waals surface area contributed by atoms with Gasteiger partial charge in [0.05, 0.1) is 5.69 Å². The number of nitrogens with zero attached hydrogens (tertiary/aromatic N) is 5. The van der Waals surface area contributed by atoms with Crippen LogP contribution in [-0.4, -0.2) is 29.8 Å². The van der Waals surface area contributed by atoms with Gasteiger partial charge in [0, 0.05) is 24.0 Å². The third kappa shape index (κ3) is 1.97. The summed E-state index contributed by atoms with van der Waals surface area (Å²) in [5.41, 5.74) is 2.77. The van der Waals surface area contributed by atoms with Crippen molar-refractivity contribution < 1.29 is 0 Å². The summed E-state index contributed by atoms with van der Waals surface area (Å²) < 4.78 is 1.59. The number of fused-ring (bicyclic) bond motifs is 2. The van der Waals surface area contributed by atoms with Gasteiger partial charge in [-0.2, -0.15) is 0 Å². The van der Waals surface area contributed by atoms with Crippen LogP contribution >= 0.6 is 0 Å². The van der Waals surface area contributed by atoms with Crippen LogP contribution in [0, 0.1) is 0 Å². The molecular weight excluding hydrogens is 300 g/mol. The lowest BCUT2D eigenvalue weighted by atomic mass is 10.0. The first kappa shape index (κ1) is 13.0. The molecule has 1 N–H and O–H groups in total. The first-order valence-corrected chi connectivity index (χ1v) is 7.60. The molecule has 0 radical (unpaired) electrons. The molecule has 0 saturated heterocycles. The molecule has 0 saturated carbocycles. The van der Waals surface area contributed by atoms with E-state index in [4.69, 9.17) is 0 Å². The van der Waals surface area contributed by atoms with E-state index >= 15 is 0 Å². The molecule has 5 aromatic rings. The van der Waals surface area contributed by atoms with Gasteiger partial charge in [-0.25, -0.2) is 9.97 Å². The van der Waals surface area contributed by atoms with Gasteiger partial charge in [-0.3, -0.25) is 0 Å². The fourth-order valence-electron chi connectivity index (χ4n) is 2.88. The van der Waals surface area contributed by atoms with E-state index < -0.39 is 0 Å². The monoisotopic (exact) mass is 312 g/mol. The molecular formula is C18H12N6. The maximum Gasteiger partial charge on any atom is 0.199 e. The maximum atomic E-state index is 4.60. The van der Waals surface area contributed by atoms with Gasteiger partial charge in [-0.05, 0) is 16.8 Å². The van der Waals surface area contributed by atoms with Gasteiger partial charge in [0.1, 0.15) is 0 Å². The van der Waals surface area contributed by atoms with Crippen molar-refractivity contribution in [2.24, 2.45) is 0 Å². The van der Waals surface area contributed by atoms with Gasteiger partial charge in [-0.15, -0.1) is 14.8 Å². The standard InChI is InChI=1S/C18H12N6/c1-2-7-13-12(5-1)6-3-8-14(13)15-11-16-21-18(23-24(16)22-15)17-19-9-4-10-20-17/h1-11H,(H,21,23). The lowest BCUT2D eigenvalue weighted by Crippen LogP contribution is -1.92. The highest BCUT2D eigenvalue weighted by atomic mass is 15.5. The summed E-state index contributed by atoms with van der Waals surface area (Å²) in [7, 11) is 0. The molecule has 0 aliphatic heterocycles. The van der Waals surface area contributed by atoms with Crippen molar-refractivity contribution in [3.8, 4) is 22.9 Å². The molecule has 3 heterocycles. The van der Waals surface area contributed by atoms with E-state index in [0.717, 1.165) is 16.9 Å². The topological polar surface area (TPSA) is 71.8 Å². The van der Waals surface area contributed by atoms with E-state index in [1.54, 1.807) is 23.1 Å². The highest BCUT2D eigenvalue weighted by molar-refractivity contribution is 5.96. The Labute approximate surface area is 136 Å². The molecule has 0 fully saturated rings. The van der Waals surface area contributed by atoms with Crippen LogP contribution in [0.2, 0.25) is 0 Å². The maximum absolute atomic E-state index is 4.60. The largest absolute Gasteiger partial charge is 0.319 e. The van der Waals surface area contributed by atoms with Gasteiger partial charge in [-0.1, -0.05) is 42.5 Å². The zero-order valence-electron chi connectivity index (χ0n) is 12.6. The quantitative estimate of drug-likeness (QED) is 0.542. The second-order valence-corrected chi connectivity index (χ2v) is 5.48. The number of H-pyrrole nitrogens is 1. The summed E-state index contributed by atoms with van der Waals surface area (Å²) in [5.74, 6) is 1.15. The molecule has 0 aliphatic rings. The summed E-state index contributed by atoms with van der Waals surface area (Å²) in [5, 5.41) is 11.4. The Bertz CT molecular complexity index is 1120. The number of rotatable bonds is 2. The molecule has 0 bridgehead atoms. The van der Waals surface area contributed by atoms with E-state index in [-0.39, 0.29) is 0 Å². The van der Waals surface area contributed by atoms with E-state index in [1.807, 2.05) is 24.3 Å². The number of aromatic nitrogens is 6. The molecule has 2 aromatic carbocycles. The zero-order valence-corrected chi connectivity index (χ0v) is 12.6. The van der Waals surface area contributed by atoms with Crippen LogP contribution < -0.4 is 0 Å². The molecule has 0 amide bonds. The smallest absolute Gasteiger partial charge is 0.199 e. The van der Waals surface area contributed by atoms with Crippen molar-refractivity contribution in [2.45, 2.75) is 0 Å². The van der Waals surface area contributed by atoms with Crippen molar-refractivity contribution >= 4 is 16.4 Å². The summed E-state index contributed by atoms with van der Waals surface area (Å²) in [6.45, 7) is 0. The Morgan fingerprint density at radius 3 is 2.54 bits per heavy atom. The van der Waals surface area contributed by atoms with Gasteiger partial charge in [0.25, 0.3) is 0 Å². The normalized spacial score (nSPS) is 11.3. The van der Waals surface area contributed by atoms with Gasteiger partial charge in [0.2, 0.25) is 0 Å². The van der Waals surface area contributed by atoms with Crippen LogP contribution in [0.3, 0.4) is 0 Å². The first-order chi connectivity index (χ1) is 11.9. The third-order valence-electron chi connectivity index (χ3n) is 3.98. The van der Waals surface area contributed by atoms with E-state index in [2.05, 4.69) is 49.4 Å². The minimum atomic E-state index is 0.551. The highest BCUT2D eigenvalue weighted by Crippen LogP contribution is 2.28.